The highest BCUT2D eigenvalue weighted by Gasteiger charge is 2.50. The number of hydrogen-bond donors (Lipinski definition) is 8. The molecule has 0 spiro atoms. The summed E-state index contributed by atoms with van der Waals surface area (Å²) in [6.45, 7) is -1.23. The van der Waals surface area contributed by atoms with Crippen molar-refractivity contribution in [2.75, 3.05) is 18.5 Å². The molecule has 8 N–H and O–H groups in total. The van der Waals surface area contributed by atoms with Gasteiger partial charge in [0.1, 0.15) is 48.8 Å². The zero-order chi connectivity index (χ0) is 21.1. The van der Waals surface area contributed by atoms with E-state index in [1.807, 2.05) is 0 Å². The van der Waals surface area contributed by atoms with Gasteiger partial charge in [0, 0.05) is 5.69 Å². The third-order valence-electron chi connectivity index (χ3n) is 5.09. The molecule has 1 aromatic carbocycles. The standard InChI is InChI=1S/C18H27NO10/c20-6-9-11(22)12(23)15(26)18(28-9)29-16-10(7-21)27-17(14(25)13(16)24)19-8-4-2-1-3-5-8/h1-5,9-26H,6-7H2/t9-,10-,11+,12+,13-,14-,15-,16-,17-,18+/m1/s1. The van der Waals surface area contributed by atoms with E-state index in [0.717, 1.165) is 0 Å². The van der Waals surface area contributed by atoms with Crippen LogP contribution in [0, 0.1) is 0 Å². The second kappa shape index (κ2) is 9.62. The van der Waals surface area contributed by atoms with Gasteiger partial charge in [0.2, 0.25) is 0 Å². The van der Waals surface area contributed by atoms with E-state index in [9.17, 15) is 35.7 Å². The van der Waals surface area contributed by atoms with Crippen LogP contribution in [0.3, 0.4) is 0 Å². The van der Waals surface area contributed by atoms with Crippen LogP contribution in [-0.4, -0.2) is 110 Å². The lowest BCUT2D eigenvalue weighted by Crippen LogP contribution is -2.65. The first-order valence-electron chi connectivity index (χ1n) is 9.27. The Morgan fingerprint density at radius 1 is 0.759 bits per heavy atom. The van der Waals surface area contributed by atoms with Crippen molar-refractivity contribution in [3.8, 4) is 0 Å². The average Bonchev–Trinajstić information content (AvgIpc) is 2.74. The first kappa shape index (κ1) is 22.3. The smallest absolute Gasteiger partial charge is 0.187 e. The van der Waals surface area contributed by atoms with Gasteiger partial charge in [0.25, 0.3) is 0 Å². The Labute approximate surface area is 166 Å². The highest BCUT2D eigenvalue weighted by Crippen LogP contribution is 2.29. The highest BCUT2D eigenvalue weighted by molar-refractivity contribution is 5.43. The van der Waals surface area contributed by atoms with Gasteiger partial charge < -0.3 is 55.3 Å². The van der Waals surface area contributed by atoms with E-state index in [2.05, 4.69) is 5.32 Å². The van der Waals surface area contributed by atoms with E-state index in [4.69, 9.17) is 14.2 Å². The number of aliphatic hydroxyl groups is 7. The predicted molar refractivity (Wildman–Crippen MR) is 96.5 cm³/mol. The lowest BCUT2D eigenvalue weighted by molar-refractivity contribution is -0.340. The van der Waals surface area contributed by atoms with Crippen LogP contribution >= 0.6 is 0 Å². The van der Waals surface area contributed by atoms with Crippen LogP contribution in [0.25, 0.3) is 0 Å². The van der Waals surface area contributed by atoms with Gasteiger partial charge in [-0.1, -0.05) is 18.2 Å². The number of para-hydroxylation sites is 1. The van der Waals surface area contributed by atoms with Crippen molar-refractivity contribution < 1.29 is 50.0 Å². The molecule has 11 nitrogen and oxygen atoms in total. The molecule has 10 atom stereocenters. The number of ether oxygens (including phenoxy) is 3. The second-order valence-electron chi connectivity index (χ2n) is 7.07. The minimum Gasteiger partial charge on any atom is -0.394 e. The molecule has 0 radical (unpaired) electrons. The van der Waals surface area contributed by atoms with E-state index in [-0.39, 0.29) is 0 Å². The fourth-order valence-electron chi connectivity index (χ4n) is 3.41. The molecule has 2 saturated heterocycles. The van der Waals surface area contributed by atoms with Crippen LogP contribution in [0.15, 0.2) is 30.3 Å². The van der Waals surface area contributed by atoms with Gasteiger partial charge in [-0.3, -0.25) is 0 Å². The minimum absolute atomic E-state index is 0.584. The van der Waals surface area contributed by atoms with Crippen molar-refractivity contribution in [1.82, 2.24) is 0 Å². The Balaban J connectivity index is 1.71. The van der Waals surface area contributed by atoms with Gasteiger partial charge in [0.15, 0.2) is 12.5 Å². The number of anilines is 1. The van der Waals surface area contributed by atoms with E-state index in [1.54, 1.807) is 30.3 Å². The Morgan fingerprint density at radius 3 is 2.03 bits per heavy atom. The molecule has 164 valence electrons. The molecule has 2 aliphatic rings. The largest absolute Gasteiger partial charge is 0.394 e. The Bertz CT molecular complexity index is 632. The van der Waals surface area contributed by atoms with E-state index >= 15 is 0 Å². The third kappa shape index (κ3) is 4.70. The summed E-state index contributed by atoms with van der Waals surface area (Å²) in [5.41, 5.74) is 0.619. The molecule has 0 aliphatic carbocycles. The first-order valence-corrected chi connectivity index (χ1v) is 9.27. The zero-order valence-electron chi connectivity index (χ0n) is 15.4. The molecule has 29 heavy (non-hydrogen) atoms. The Hall–Kier alpha value is -1.38. The van der Waals surface area contributed by atoms with Crippen molar-refractivity contribution in [2.45, 2.75) is 61.3 Å². The molecular weight excluding hydrogens is 390 g/mol. The number of aliphatic hydroxyl groups excluding tert-OH is 7. The summed E-state index contributed by atoms with van der Waals surface area (Å²) in [5, 5.41) is 72.6. The summed E-state index contributed by atoms with van der Waals surface area (Å²) in [4.78, 5) is 0. The summed E-state index contributed by atoms with van der Waals surface area (Å²) in [5.74, 6) is 0. The first-order chi connectivity index (χ1) is 13.9. The van der Waals surface area contributed by atoms with Crippen molar-refractivity contribution in [2.24, 2.45) is 0 Å². The molecule has 11 heteroatoms. The molecular formula is C18H27NO10. The number of rotatable bonds is 6. The highest BCUT2D eigenvalue weighted by atomic mass is 16.7. The topological polar surface area (TPSA) is 181 Å². The normalized spacial score (nSPS) is 43.1. The van der Waals surface area contributed by atoms with Crippen LogP contribution in [-0.2, 0) is 14.2 Å². The molecule has 0 amide bonds. The fraction of sp³-hybridized carbons (Fsp3) is 0.667. The third-order valence-corrected chi connectivity index (χ3v) is 5.09. The number of nitrogens with one attached hydrogen (secondary N) is 1. The summed E-state index contributed by atoms with van der Waals surface area (Å²) in [6, 6.07) is 8.80. The molecule has 2 heterocycles. The number of hydrogen-bond acceptors (Lipinski definition) is 11. The lowest BCUT2D eigenvalue weighted by atomic mass is 9.96. The molecule has 1 aromatic rings. The average molecular weight is 417 g/mol. The van der Waals surface area contributed by atoms with Gasteiger partial charge in [-0.2, -0.15) is 0 Å². The van der Waals surface area contributed by atoms with Crippen LogP contribution in [0.4, 0.5) is 5.69 Å². The zero-order valence-corrected chi connectivity index (χ0v) is 15.4. The van der Waals surface area contributed by atoms with Gasteiger partial charge in [0.05, 0.1) is 13.2 Å². The Morgan fingerprint density at radius 2 is 1.41 bits per heavy atom. The van der Waals surface area contributed by atoms with Crippen LogP contribution in [0.2, 0.25) is 0 Å². The van der Waals surface area contributed by atoms with Gasteiger partial charge in [-0.15, -0.1) is 0 Å². The summed E-state index contributed by atoms with van der Waals surface area (Å²) in [7, 11) is 0. The van der Waals surface area contributed by atoms with Gasteiger partial charge in [-0.05, 0) is 12.1 Å². The fourth-order valence-corrected chi connectivity index (χ4v) is 3.41. The SMILES string of the molecule is OC[C@H]1O[C@@H](O[C@H]2[C@H](O)[C@@H](O)[C@H](Nc3ccccc3)O[C@@H]2CO)[C@H](O)[C@@H](O)[C@H]1O. The maximum absolute atomic E-state index is 10.5. The summed E-state index contributed by atoms with van der Waals surface area (Å²) < 4.78 is 16.4. The summed E-state index contributed by atoms with van der Waals surface area (Å²) in [6.07, 6.45) is -14.2. The molecule has 0 bridgehead atoms. The molecule has 3 rings (SSSR count). The molecule has 2 fully saturated rings. The van der Waals surface area contributed by atoms with Crippen molar-refractivity contribution in [3.05, 3.63) is 30.3 Å². The van der Waals surface area contributed by atoms with Crippen LogP contribution in [0.5, 0.6) is 0 Å². The second-order valence-corrected chi connectivity index (χ2v) is 7.07. The Kier molecular flexibility index (Phi) is 7.40. The van der Waals surface area contributed by atoms with Crippen LogP contribution in [0.1, 0.15) is 0 Å². The monoisotopic (exact) mass is 417 g/mol. The van der Waals surface area contributed by atoms with Gasteiger partial charge in [-0.25, -0.2) is 0 Å². The molecule has 0 aromatic heterocycles. The molecule has 0 unspecified atom stereocenters. The maximum Gasteiger partial charge on any atom is 0.187 e. The van der Waals surface area contributed by atoms with Crippen molar-refractivity contribution in [1.29, 1.82) is 0 Å². The summed E-state index contributed by atoms with van der Waals surface area (Å²) >= 11 is 0. The molecule has 0 saturated carbocycles. The van der Waals surface area contributed by atoms with Crippen LogP contribution < -0.4 is 5.32 Å². The lowest BCUT2D eigenvalue weighted by Gasteiger charge is -2.46. The van der Waals surface area contributed by atoms with E-state index < -0.39 is 74.6 Å². The quantitative estimate of drug-likeness (QED) is 0.232. The van der Waals surface area contributed by atoms with Gasteiger partial charge >= 0.3 is 0 Å². The minimum atomic E-state index is -1.70. The number of benzene rings is 1. The van der Waals surface area contributed by atoms with E-state index in [1.165, 1.54) is 0 Å². The molecule has 2 aliphatic heterocycles. The van der Waals surface area contributed by atoms with Crippen molar-refractivity contribution >= 4 is 5.69 Å². The maximum atomic E-state index is 10.5. The van der Waals surface area contributed by atoms with E-state index in [0.29, 0.717) is 5.69 Å². The predicted octanol–water partition coefficient (Wildman–Crippen LogP) is -3.28. The van der Waals surface area contributed by atoms with Crippen molar-refractivity contribution in [3.63, 3.8) is 0 Å².